The van der Waals surface area contributed by atoms with Gasteiger partial charge in [-0.05, 0) is 48.9 Å². The SMILES string of the molecule is C[C@@H](NC(=O)c1cc(-c2ccc(Cl)cc2)on1)c1ccc(F)cc1. The smallest absolute Gasteiger partial charge is 0.273 e. The molecule has 1 aromatic heterocycles. The van der Waals surface area contributed by atoms with Crippen molar-refractivity contribution in [1.29, 1.82) is 0 Å². The van der Waals surface area contributed by atoms with Crippen LogP contribution in [0.2, 0.25) is 5.02 Å². The highest BCUT2D eigenvalue weighted by atomic mass is 35.5. The molecule has 0 spiro atoms. The zero-order valence-electron chi connectivity index (χ0n) is 12.8. The van der Waals surface area contributed by atoms with E-state index in [-0.39, 0.29) is 23.5 Å². The molecule has 3 aromatic rings. The minimum Gasteiger partial charge on any atom is -0.355 e. The summed E-state index contributed by atoms with van der Waals surface area (Å²) in [5.74, 6) is -0.205. The summed E-state index contributed by atoms with van der Waals surface area (Å²) in [5.41, 5.74) is 1.75. The van der Waals surface area contributed by atoms with Crippen molar-refractivity contribution in [2.75, 3.05) is 0 Å². The third-order valence-electron chi connectivity index (χ3n) is 3.59. The molecule has 6 heteroatoms. The summed E-state index contributed by atoms with van der Waals surface area (Å²) < 4.78 is 18.2. The molecule has 1 heterocycles. The van der Waals surface area contributed by atoms with Crippen molar-refractivity contribution in [2.45, 2.75) is 13.0 Å². The number of rotatable bonds is 4. The lowest BCUT2D eigenvalue weighted by Gasteiger charge is -2.12. The molecule has 1 amide bonds. The molecule has 2 aromatic carbocycles. The average Bonchev–Trinajstić information content (AvgIpc) is 3.06. The molecule has 0 bridgehead atoms. The second kappa shape index (κ2) is 6.84. The van der Waals surface area contributed by atoms with Crippen LogP contribution in [-0.2, 0) is 0 Å². The van der Waals surface area contributed by atoms with Crippen LogP contribution < -0.4 is 5.32 Å². The summed E-state index contributed by atoms with van der Waals surface area (Å²) in [6.07, 6.45) is 0. The van der Waals surface area contributed by atoms with Gasteiger partial charge in [-0.25, -0.2) is 4.39 Å². The molecule has 0 radical (unpaired) electrons. The Morgan fingerprint density at radius 1 is 1.17 bits per heavy atom. The van der Waals surface area contributed by atoms with E-state index in [0.717, 1.165) is 11.1 Å². The highest BCUT2D eigenvalue weighted by Gasteiger charge is 2.16. The third kappa shape index (κ3) is 3.63. The molecule has 0 saturated heterocycles. The van der Waals surface area contributed by atoms with E-state index in [1.54, 1.807) is 42.5 Å². The van der Waals surface area contributed by atoms with Crippen LogP contribution in [0.3, 0.4) is 0 Å². The summed E-state index contributed by atoms with van der Waals surface area (Å²) in [4.78, 5) is 12.3. The molecule has 0 fully saturated rings. The second-order valence-electron chi connectivity index (χ2n) is 5.33. The van der Waals surface area contributed by atoms with Crippen molar-refractivity contribution in [2.24, 2.45) is 0 Å². The summed E-state index contributed by atoms with van der Waals surface area (Å²) >= 11 is 5.85. The van der Waals surface area contributed by atoms with Crippen LogP contribution in [0.4, 0.5) is 4.39 Å². The monoisotopic (exact) mass is 344 g/mol. The number of benzene rings is 2. The van der Waals surface area contributed by atoms with E-state index in [1.165, 1.54) is 12.1 Å². The van der Waals surface area contributed by atoms with E-state index in [2.05, 4.69) is 10.5 Å². The predicted octanol–water partition coefficient (Wildman–Crippen LogP) is 4.63. The van der Waals surface area contributed by atoms with Gasteiger partial charge in [0.15, 0.2) is 11.5 Å². The van der Waals surface area contributed by atoms with E-state index in [9.17, 15) is 9.18 Å². The average molecular weight is 345 g/mol. The Morgan fingerprint density at radius 3 is 2.50 bits per heavy atom. The Hall–Kier alpha value is -2.66. The Bertz CT molecular complexity index is 844. The fourth-order valence-electron chi connectivity index (χ4n) is 2.24. The predicted molar refractivity (Wildman–Crippen MR) is 89.2 cm³/mol. The van der Waals surface area contributed by atoms with Crippen LogP contribution in [0, 0.1) is 5.82 Å². The standard InChI is InChI=1S/C18H14ClFN2O2/c1-11(12-4-8-15(20)9-5-12)21-18(23)16-10-17(24-22-16)13-2-6-14(19)7-3-13/h2-11H,1H3,(H,21,23)/t11-/m1/s1. The van der Waals surface area contributed by atoms with E-state index >= 15 is 0 Å². The summed E-state index contributed by atoms with van der Waals surface area (Å²) in [5, 5.41) is 7.21. The topological polar surface area (TPSA) is 55.1 Å². The lowest BCUT2D eigenvalue weighted by atomic mass is 10.1. The summed E-state index contributed by atoms with van der Waals surface area (Å²) in [7, 11) is 0. The van der Waals surface area contributed by atoms with Crippen LogP contribution in [-0.4, -0.2) is 11.1 Å². The van der Waals surface area contributed by atoms with E-state index in [4.69, 9.17) is 16.1 Å². The molecule has 1 atom stereocenters. The van der Waals surface area contributed by atoms with Crippen molar-refractivity contribution < 1.29 is 13.7 Å². The molecule has 1 N–H and O–H groups in total. The molecule has 4 nitrogen and oxygen atoms in total. The van der Waals surface area contributed by atoms with Gasteiger partial charge in [-0.15, -0.1) is 0 Å². The van der Waals surface area contributed by atoms with Crippen molar-refractivity contribution in [3.63, 3.8) is 0 Å². The number of carbonyl (C=O) groups excluding carboxylic acids is 1. The highest BCUT2D eigenvalue weighted by Crippen LogP contribution is 2.22. The first kappa shape index (κ1) is 16.2. The molecule has 0 unspecified atom stereocenters. The van der Waals surface area contributed by atoms with Gasteiger partial charge in [0, 0.05) is 16.7 Å². The Labute approximate surface area is 143 Å². The number of aromatic nitrogens is 1. The fraction of sp³-hybridized carbons (Fsp3) is 0.111. The van der Waals surface area contributed by atoms with Crippen LogP contribution in [0.5, 0.6) is 0 Å². The summed E-state index contributed by atoms with van der Waals surface area (Å²) in [6, 6.07) is 14.3. The normalized spacial score (nSPS) is 12.0. The highest BCUT2D eigenvalue weighted by molar-refractivity contribution is 6.30. The lowest BCUT2D eigenvalue weighted by molar-refractivity contribution is 0.0931. The maximum atomic E-state index is 12.9. The number of nitrogens with one attached hydrogen (secondary N) is 1. The molecule has 0 aliphatic heterocycles. The molecule has 0 saturated carbocycles. The van der Waals surface area contributed by atoms with Gasteiger partial charge in [0.2, 0.25) is 0 Å². The molecule has 122 valence electrons. The number of hydrogen-bond acceptors (Lipinski definition) is 3. The third-order valence-corrected chi connectivity index (χ3v) is 3.84. The van der Waals surface area contributed by atoms with Crippen molar-refractivity contribution >= 4 is 17.5 Å². The molecular formula is C18H14ClFN2O2. The molecule has 3 rings (SSSR count). The van der Waals surface area contributed by atoms with Gasteiger partial charge in [-0.3, -0.25) is 4.79 Å². The number of carbonyl (C=O) groups is 1. The quantitative estimate of drug-likeness (QED) is 0.751. The van der Waals surface area contributed by atoms with E-state index in [1.807, 2.05) is 6.92 Å². The van der Waals surface area contributed by atoms with Crippen LogP contribution in [0.25, 0.3) is 11.3 Å². The first-order chi connectivity index (χ1) is 11.5. The van der Waals surface area contributed by atoms with Crippen molar-refractivity contribution in [1.82, 2.24) is 10.5 Å². The van der Waals surface area contributed by atoms with E-state index in [0.29, 0.717) is 10.8 Å². The minimum atomic E-state index is -0.365. The van der Waals surface area contributed by atoms with Gasteiger partial charge < -0.3 is 9.84 Å². The minimum absolute atomic E-state index is 0.175. The van der Waals surface area contributed by atoms with Gasteiger partial charge in [-0.2, -0.15) is 0 Å². The van der Waals surface area contributed by atoms with Gasteiger partial charge in [0.1, 0.15) is 5.82 Å². The van der Waals surface area contributed by atoms with Gasteiger partial charge in [0.05, 0.1) is 6.04 Å². The van der Waals surface area contributed by atoms with Crippen molar-refractivity contribution in [3.05, 3.63) is 76.7 Å². The number of halogens is 2. The van der Waals surface area contributed by atoms with Gasteiger partial charge in [0.25, 0.3) is 5.91 Å². The maximum Gasteiger partial charge on any atom is 0.273 e. The lowest BCUT2D eigenvalue weighted by Crippen LogP contribution is -2.26. The fourth-order valence-corrected chi connectivity index (χ4v) is 2.36. The molecule has 24 heavy (non-hydrogen) atoms. The van der Waals surface area contributed by atoms with Crippen LogP contribution in [0.15, 0.2) is 59.1 Å². The zero-order chi connectivity index (χ0) is 17.1. The van der Waals surface area contributed by atoms with E-state index < -0.39 is 0 Å². The van der Waals surface area contributed by atoms with Crippen LogP contribution >= 0.6 is 11.6 Å². The Morgan fingerprint density at radius 2 is 1.83 bits per heavy atom. The Kier molecular flexibility index (Phi) is 4.62. The number of amides is 1. The second-order valence-corrected chi connectivity index (χ2v) is 5.77. The largest absolute Gasteiger partial charge is 0.355 e. The number of nitrogens with zero attached hydrogens (tertiary/aromatic N) is 1. The van der Waals surface area contributed by atoms with Crippen LogP contribution in [0.1, 0.15) is 29.0 Å². The summed E-state index contributed by atoms with van der Waals surface area (Å²) in [6.45, 7) is 1.81. The van der Waals surface area contributed by atoms with Crippen molar-refractivity contribution in [3.8, 4) is 11.3 Å². The maximum absolute atomic E-state index is 12.9. The van der Waals surface area contributed by atoms with Gasteiger partial charge in [-0.1, -0.05) is 28.9 Å². The molecular weight excluding hydrogens is 331 g/mol. The Balaban J connectivity index is 1.71. The van der Waals surface area contributed by atoms with Gasteiger partial charge >= 0.3 is 0 Å². The molecule has 0 aliphatic rings. The first-order valence-corrected chi connectivity index (χ1v) is 7.70. The zero-order valence-corrected chi connectivity index (χ0v) is 13.5. The number of hydrogen-bond donors (Lipinski definition) is 1. The molecule has 0 aliphatic carbocycles. The first-order valence-electron chi connectivity index (χ1n) is 7.32.